The molecule has 7 heteroatoms. The summed E-state index contributed by atoms with van der Waals surface area (Å²) in [6.45, 7) is 0. The Hall–Kier alpha value is -1.000. The van der Waals surface area contributed by atoms with Crippen LogP contribution in [0, 0.1) is 0 Å². The van der Waals surface area contributed by atoms with Crippen molar-refractivity contribution < 1.29 is 9.53 Å². The van der Waals surface area contributed by atoms with Gasteiger partial charge in [0.1, 0.15) is 5.15 Å². The highest BCUT2D eigenvalue weighted by Gasteiger charge is 2.16. The molecule has 0 saturated carbocycles. The minimum Gasteiger partial charge on any atom is -0.465 e. The van der Waals surface area contributed by atoms with Gasteiger partial charge < -0.3 is 4.74 Å². The van der Waals surface area contributed by atoms with Crippen molar-refractivity contribution in [3.05, 3.63) is 50.2 Å². The summed E-state index contributed by atoms with van der Waals surface area (Å²) in [6.07, 6.45) is 1.32. The van der Waals surface area contributed by atoms with Crippen molar-refractivity contribution in [2.24, 2.45) is 0 Å². The molecule has 20 heavy (non-hydrogen) atoms. The van der Waals surface area contributed by atoms with Gasteiger partial charge in [-0.1, -0.05) is 46.4 Å². The van der Waals surface area contributed by atoms with Gasteiger partial charge in [-0.15, -0.1) is 0 Å². The van der Waals surface area contributed by atoms with Crippen LogP contribution in [0.4, 0.5) is 0 Å². The number of nitrogens with zero attached hydrogens (tertiary/aromatic N) is 1. The fraction of sp³-hybridized carbons (Fsp3) is 0.0769. The standard InChI is InChI=1S/C13H7Cl4NO2/c1-20-13(19)6-2-9(12(17)18-5-6)8-3-7(14)4-10(15)11(8)16/h2-5H,1H3. The van der Waals surface area contributed by atoms with E-state index in [0.29, 0.717) is 16.1 Å². The number of esters is 1. The Bertz CT molecular complexity index is 688. The lowest BCUT2D eigenvalue weighted by Crippen LogP contribution is -2.02. The summed E-state index contributed by atoms with van der Waals surface area (Å²) >= 11 is 24.1. The predicted octanol–water partition coefficient (Wildman–Crippen LogP) is 5.15. The first-order chi connectivity index (χ1) is 9.43. The molecule has 0 atom stereocenters. The van der Waals surface area contributed by atoms with E-state index in [0.717, 1.165) is 0 Å². The molecule has 2 rings (SSSR count). The minimum absolute atomic E-state index is 0.179. The van der Waals surface area contributed by atoms with E-state index in [1.54, 1.807) is 6.07 Å². The normalized spacial score (nSPS) is 10.4. The highest BCUT2D eigenvalue weighted by atomic mass is 35.5. The van der Waals surface area contributed by atoms with E-state index in [-0.39, 0.29) is 20.8 Å². The minimum atomic E-state index is -0.528. The highest BCUT2D eigenvalue weighted by Crippen LogP contribution is 2.39. The topological polar surface area (TPSA) is 39.2 Å². The Balaban J connectivity index is 2.66. The Labute approximate surface area is 135 Å². The lowest BCUT2D eigenvalue weighted by molar-refractivity contribution is 0.0600. The van der Waals surface area contributed by atoms with Gasteiger partial charge in [0.25, 0.3) is 0 Å². The molecule has 0 saturated heterocycles. The number of hydrogen-bond acceptors (Lipinski definition) is 3. The van der Waals surface area contributed by atoms with Gasteiger partial charge in [0, 0.05) is 22.3 Å². The number of pyridine rings is 1. The summed E-state index contributed by atoms with van der Waals surface area (Å²) in [5.41, 5.74) is 1.19. The summed E-state index contributed by atoms with van der Waals surface area (Å²) < 4.78 is 4.64. The summed E-state index contributed by atoms with van der Waals surface area (Å²) in [7, 11) is 1.28. The molecule has 0 N–H and O–H groups in total. The molecule has 0 radical (unpaired) electrons. The van der Waals surface area contributed by atoms with Crippen molar-refractivity contribution in [3.8, 4) is 11.1 Å². The third-order valence-electron chi connectivity index (χ3n) is 2.54. The van der Waals surface area contributed by atoms with Gasteiger partial charge in [-0.3, -0.25) is 0 Å². The van der Waals surface area contributed by atoms with E-state index in [1.807, 2.05) is 0 Å². The summed E-state index contributed by atoms with van der Waals surface area (Å²) in [5, 5.41) is 1.14. The van der Waals surface area contributed by atoms with Crippen molar-refractivity contribution >= 4 is 52.4 Å². The molecular formula is C13H7Cl4NO2. The fourth-order valence-corrected chi connectivity index (χ4v) is 2.53. The van der Waals surface area contributed by atoms with Crippen LogP contribution in [-0.4, -0.2) is 18.1 Å². The second-order valence-electron chi connectivity index (χ2n) is 3.80. The largest absolute Gasteiger partial charge is 0.465 e. The molecule has 1 aromatic carbocycles. The first-order valence-electron chi connectivity index (χ1n) is 5.32. The fourth-order valence-electron chi connectivity index (χ4n) is 1.62. The van der Waals surface area contributed by atoms with E-state index in [1.165, 1.54) is 25.4 Å². The molecular weight excluding hydrogens is 344 g/mol. The summed E-state index contributed by atoms with van der Waals surface area (Å²) in [4.78, 5) is 15.5. The monoisotopic (exact) mass is 349 g/mol. The Morgan fingerprint density at radius 1 is 1.10 bits per heavy atom. The maximum Gasteiger partial charge on any atom is 0.339 e. The maximum absolute atomic E-state index is 11.5. The molecule has 1 heterocycles. The second kappa shape index (κ2) is 6.19. The predicted molar refractivity (Wildman–Crippen MR) is 81.1 cm³/mol. The van der Waals surface area contributed by atoms with Crippen LogP contribution in [0.25, 0.3) is 11.1 Å². The third kappa shape index (κ3) is 3.01. The van der Waals surface area contributed by atoms with E-state index >= 15 is 0 Å². The number of halogens is 4. The molecule has 0 amide bonds. The first-order valence-corrected chi connectivity index (χ1v) is 6.84. The van der Waals surface area contributed by atoms with Gasteiger partial charge >= 0.3 is 5.97 Å². The van der Waals surface area contributed by atoms with E-state index in [9.17, 15) is 4.79 Å². The van der Waals surface area contributed by atoms with Gasteiger partial charge in [-0.2, -0.15) is 0 Å². The number of carbonyl (C=O) groups is 1. The zero-order valence-electron chi connectivity index (χ0n) is 10.1. The van der Waals surface area contributed by atoms with Crippen LogP contribution in [0.15, 0.2) is 24.4 Å². The molecule has 0 unspecified atom stereocenters. The molecule has 0 spiro atoms. The second-order valence-corrected chi connectivity index (χ2v) is 5.38. The molecule has 0 fully saturated rings. The van der Waals surface area contributed by atoms with E-state index in [2.05, 4.69) is 9.72 Å². The van der Waals surface area contributed by atoms with Crippen LogP contribution in [0.3, 0.4) is 0 Å². The average molecular weight is 351 g/mol. The van der Waals surface area contributed by atoms with E-state index < -0.39 is 5.97 Å². The van der Waals surface area contributed by atoms with Crippen molar-refractivity contribution in [1.29, 1.82) is 0 Å². The number of aromatic nitrogens is 1. The molecule has 0 bridgehead atoms. The molecule has 104 valence electrons. The lowest BCUT2D eigenvalue weighted by atomic mass is 10.1. The smallest absolute Gasteiger partial charge is 0.339 e. The van der Waals surface area contributed by atoms with Crippen LogP contribution in [0.1, 0.15) is 10.4 Å². The van der Waals surface area contributed by atoms with Gasteiger partial charge in [0.05, 0.1) is 22.7 Å². The van der Waals surface area contributed by atoms with Gasteiger partial charge in [-0.05, 0) is 18.2 Å². The highest BCUT2D eigenvalue weighted by molar-refractivity contribution is 6.45. The molecule has 0 aliphatic carbocycles. The lowest BCUT2D eigenvalue weighted by Gasteiger charge is -2.10. The van der Waals surface area contributed by atoms with Crippen LogP contribution < -0.4 is 0 Å². The summed E-state index contributed by atoms with van der Waals surface area (Å²) in [6, 6.07) is 4.63. The number of methoxy groups -OCH3 is 1. The maximum atomic E-state index is 11.5. The number of hydrogen-bond donors (Lipinski definition) is 0. The molecule has 0 aliphatic rings. The number of ether oxygens (including phenoxy) is 1. The Kier molecular flexibility index (Phi) is 4.76. The molecule has 2 aromatic rings. The zero-order chi connectivity index (χ0) is 14.9. The number of benzene rings is 1. The van der Waals surface area contributed by atoms with Gasteiger partial charge in [-0.25, -0.2) is 9.78 Å². The van der Waals surface area contributed by atoms with Crippen molar-refractivity contribution in [2.45, 2.75) is 0 Å². The van der Waals surface area contributed by atoms with Crippen LogP contribution in [-0.2, 0) is 4.74 Å². The van der Waals surface area contributed by atoms with Crippen LogP contribution in [0.5, 0.6) is 0 Å². The average Bonchev–Trinajstić information content (AvgIpc) is 2.42. The molecule has 0 aliphatic heterocycles. The Morgan fingerprint density at radius 3 is 2.45 bits per heavy atom. The van der Waals surface area contributed by atoms with Crippen molar-refractivity contribution in [2.75, 3.05) is 7.11 Å². The van der Waals surface area contributed by atoms with Gasteiger partial charge in [0.15, 0.2) is 0 Å². The van der Waals surface area contributed by atoms with Gasteiger partial charge in [0.2, 0.25) is 0 Å². The first kappa shape index (κ1) is 15.4. The summed E-state index contributed by atoms with van der Waals surface area (Å²) in [5.74, 6) is -0.528. The van der Waals surface area contributed by atoms with Crippen molar-refractivity contribution in [1.82, 2.24) is 4.98 Å². The SMILES string of the molecule is COC(=O)c1cnc(Cl)c(-c2cc(Cl)cc(Cl)c2Cl)c1. The quantitative estimate of drug-likeness (QED) is 0.427. The molecule has 3 nitrogen and oxygen atoms in total. The third-order valence-corrected chi connectivity index (χ3v) is 3.86. The van der Waals surface area contributed by atoms with E-state index in [4.69, 9.17) is 46.4 Å². The Morgan fingerprint density at radius 2 is 1.80 bits per heavy atom. The molecule has 1 aromatic heterocycles. The van der Waals surface area contributed by atoms with Crippen LogP contribution in [0.2, 0.25) is 20.2 Å². The van der Waals surface area contributed by atoms with Crippen molar-refractivity contribution in [3.63, 3.8) is 0 Å². The number of carbonyl (C=O) groups excluding carboxylic acids is 1. The number of rotatable bonds is 2. The zero-order valence-corrected chi connectivity index (χ0v) is 13.1. The van der Waals surface area contributed by atoms with Crippen LogP contribution >= 0.6 is 46.4 Å².